The van der Waals surface area contributed by atoms with E-state index in [2.05, 4.69) is 15.5 Å². The van der Waals surface area contributed by atoms with Crippen LogP contribution in [0.15, 0.2) is 6.33 Å². The third kappa shape index (κ3) is 1.68. The Morgan fingerprint density at radius 3 is 3.00 bits per heavy atom. The van der Waals surface area contributed by atoms with E-state index in [1.165, 1.54) is 0 Å². The molecule has 1 heterocycles. The number of carbonyl (C=O) groups is 1. The second-order valence-corrected chi connectivity index (χ2v) is 3.73. The highest BCUT2D eigenvalue weighted by molar-refractivity contribution is 5.88. The van der Waals surface area contributed by atoms with Crippen molar-refractivity contribution in [3.8, 4) is 6.07 Å². The molecule has 1 fully saturated rings. The molecule has 1 aliphatic rings. The molecule has 1 aromatic rings. The van der Waals surface area contributed by atoms with Crippen molar-refractivity contribution in [3.05, 3.63) is 12.2 Å². The number of nitrogens with zero attached hydrogens (tertiary/aromatic N) is 4. The summed E-state index contributed by atoms with van der Waals surface area (Å²) in [7, 11) is 1.80. The van der Waals surface area contributed by atoms with Crippen LogP contribution in [0.3, 0.4) is 0 Å². The Labute approximate surface area is 86.9 Å². The summed E-state index contributed by atoms with van der Waals surface area (Å²) >= 11 is 0. The highest BCUT2D eigenvalue weighted by Gasteiger charge is 2.50. The zero-order chi connectivity index (χ0) is 10.9. The topological polar surface area (TPSA) is 83.6 Å². The Morgan fingerprint density at radius 2 is 2.53 bits per heavy atom. The fraction of sp³-hybridized carbons (Fsp3) is 0.556. The minimum atomic E-state index is -0.765. The predicted molar refractivity (Wildman–Crippen MR) is 50.1 cm³/mol. The molecule has 15 heavy (non-hydrogen) atoms. The largest absolute Gasteiger partial charge is 0.347 e. The van der Waals surface area contributed by atoms with Gasteiger partial charge in [-0.15, -0.1) is 10.2 Å². The van der Waals surface area contributed by atoms with Gasteiger partial charge in [0.2, 0.25) is 5.91 Å². The Hall–Kier alpha value is -1.90. The lowest BCUT2D eigenvalue weighted by molar-refractivity contribution is -0.124. The molecule has 0 atom stereocenters. The van der Waals surface area contributed by atoms with Gasteiger partial charge < -0.3 is 9.88 Å². The Kier molecular flexibility index (Phi) is 2.15. The van der Waals surface area contributed by atoms with Gasteiger partial charge in [-0.2, -0.15) is 5.26 Å². The molecule has 0 saturated heterocycles. The number of aromatic nitrogens is 3. The maximum atomic E-state index is 11.6. The molecule has 0 aromatic carbocycles. The SMILES string of the molecule is Cn1cnnc1CNC(=O)C1(C#N)CC1. The molecular formula is C9H11N5O. The van der Waals surface area contributed by atoms with Gasteiger partial charge in [0.05, 0.1) is 12.6 Å². The first-order chi connectivity index (χ1) is 7.18. The van der Waals surface area contributed by atoms with E-state index >= 15 is 0 Å². The number of nitriles is 1. The quantitative estimate of drug-likeness (QED) is 0.736. The van der Waals surface area contributed by atoms with E-state index in [-0.39, 0.29) is 5.91 Å². The molecule has 0 spiro atoms. The molecule has 1 amide bonds. The average molecular weight is 205 g/mol. The Morgan fingerprint density at radius 1 is 1.80 bits per heavy atom. The van der Waals surface area contributed by atoms with Crippen LogP contribution < -0.4 is 5.32 Å². The third-order valence-corrected chi connectivity index (χ3v) is 2.61. The van der Waals surface area contributed by atoms with E-state index in [1.807, 2.05) is 6.07 Å². The first kappa shape index (κ1) is 9.65. The van der Waals surface area contributed by atoms with Crippen LogP contribution in [0.5, 0.6) is 0 Å². The number of hydrogen-bond acceptors (Lipinski definition) is 4. The van der Waals surface area contributed by atoms with Gasteiger partial charge in [-0.25, -0.2) is 0 Å². The zero-order valence-electron chi connectivity index (χ0n) is 8.40. The highest BCUT2D eigenvalue weighted by atomic mass is 16.2. The molecule has 1 N–H and O–H groups in total. The third-order valence-electron chi connectivity index (χ3n) is 2.61. The van der Waals surface area contributed by atoms with Crippen LogP contribution in [0.2, 0.25) is 0 Å². The van der Waals surface area contributed by atoms with E-state index in [4.69, 9.17) is 5.26 Å². The summed E-state index contributed by atoms with van der Waals surface area (Å²) in [5, 5.41) is 19.0. The molecule has 1 aromatic heterocycles. The van der Waals surface area contributed by atoms with Crippen molar-refractivity contribution in [2.45, 2.75) is 19.4 Å². The molecule has 2 rings (SSSR count). The summed E-state index contributed by atoms with van der Waals surface area (Å²) in [6.45, 7) is 0.318. The van der Waals surface area contributed by atoms with Crippen molar-refractivity contribution in [2.75, 3.05) is 0 Å². The van der Waals surface area contributed by atoms with Crippen LogP contribution in [-0.4, -0.2) is 20.7 Å². The summed E-state index contributed by atoms with van der Waals surface area (Å²) in [5.74, 6) is 0.477. The van der Waals surface area contributed by atoms with Crippen molar-refractivity contribution < 1.29 is 4.79 Å². The minimum Gasteiger partial charge on any atom is -0.347 e. The van der Waals surface area contributed by atoms with Crippen LogP contribution in [0.1, 0.15) is 18.7 Å². The van der Waals surface area contributed by atoms with Gasteiger partial charge >= 0.3 is 0 Å². The van der Waals surface area contributed by atoms with Crippen molar-refractivity contribution in [1.82, 2.24) is 20.1 Å². The van der Waals surface area contributed by atoms with Gasteiger partial charge in [0.25, 0.3) is 0 Å². The van der Waals surface area contributed by atoms with Gasteiger partial charge in [-0.1, -0.05) is 0 Å². The lowest BCUT2D eigenvalue weighted by Gasteiger charge is -2.06. The summed E-state index contributed by atoms with van der Waals surface area (Å²) in [6, 6.07) is 2.04. The Bertz CT molecular complexity index is 426. The van der Waals surface area contributed by atoms with E-state index < -0.39 is 5.41 Å². The molecule has 0 aliphatic heterocycles. The lowest BCUT2D eigenvalue weighted by atomic mass is 10.1. The van der Waals surface area contributed by atoms with Gasteiger partial charge in [-0.05, 0) is 12.8 Å². The molecule has 0 radical (unpaired) electrons. The summed E-state index contributed by atoms with van der Waals surface area (Å²) in [6.07, 6.45) is 2.89. The number of hydrogen-bond donors (Lipinski definition) is 1. The molecule has 1 saturated carbocycles. The highest BCUT2D eigenvalue weighted by Crippen LogP contribution is 2.44. The van der Waals surface area contributed by atoms with Crippen LogP contribution in [0.4, 0.5) is 0 Å². The molecule has 78 valence electrons. The van der Waals surface area contributed by atoms with Crippen LogP contribution in [0.25, 0.3) is 0 Å². The summed E-state index contributed by atoms with van der Waals surface area (Å²) in [5.41, 5.74) is -0.765. The molecule has 1 aliphatic carbocycles. The van der Waals surface area contributed by atoms with Crippen molar-refractivity contribution in [1.29, 1.82) is 5.26 Å². The standard InChI is InChI=1S/C9H11N5O/c1-14-6-12-13-7(14)4-11-8(15)9(5-10)2-3-9/h6H,2-4H2,1H3,(H,11,15). The zero-order valence-corrected chi connectivity index (χ0v) is 8.40. The van der Waals surface area contributed by atoms with Crippen molar-refractivity contribution >= 4 is 5.91 Å². The van der Waals surface area contributed by atoms with Gasteiger partial charge in [0.1, 0.15) is 11.7 Å². The van der Waals surface area contributed by atoms with Gasteiger partial charge in [0.15, 0.2) is 5.82 Å². The first-order valence-electron chi connectivity index (χ1n) is 4.70. The van der Waals surface area contributed by atoms with Gasteiger partial charge in [-0.3, -0.25) is 4.79 Å². The monoisotopic (exact) mass is 205 g/mol. The fourth-order valence-electron chi connectivity index (χ4n) is 1.31. The molecule has 0 bridgehead atoms. The summed E-state index contributed by atoms with van der Waals surface area (Å²) in [4.78, 5) is 11.6. The van der Waals surface area contributed by atoms with Crippen molar-refractivity contribution in [2.24, 2.45) is 12.5 Å². The minimum absolute atomic E-state index is 0.201. The number of amides is 1. The van der Waals surface area contributed by atoms with Crippen LogP contribution in [-0.2, 0) is 18.4 Å². The number of carbonyl (C=O) groups excluding carboxylic acids is 1. The molecule has 6 heteroatoms. The average Bonchev–Trinajstić information content (AvgIpc) is 2.94. The maximum Gasteiger partial charge on any atom is 0.240 e. The predicted octanol–water partition coefficient (Wildman–Crippen LogP) is -0.265. The van der Waals surface area contributed by atoms with Gasteiger partial charge in [0, 0.05) is 7.05 Å². The van der Waals surface area contributed by atoms with E-state index in [9.17, 15) is 4.79 Å². The lowest BCUT2D eigenvalue weighted by Crippen LogP contribution is -2.31. The molecule has 0 unspecified atom stereocenters. The number of aryl methyl sites for hydroxylation is 1. The van der Waals surface area contributed by atoms with E-state index in [0.29, 0.717) is 25.2 Å². The first-order valence-corrected chi connectivity index (χ1v) is 4.70. The van der Waals surface area contributed by atoms with E-state index in [1.54, 1.807) is 17.9 Å². The number of nitrogens with one attached hydrogen (secondary N) is 1. The smallest absolute Gasteiger partial charge is 0.240 e. The summed E-state index contributed by atoms with van der Waals surface area (Å²) < 4.78 is 1.73. The molecule has 6 nitrogen and oxygen atoms in total. The maximum absolute atomic E-state index is 11.6. The molecular weight excluding hydrogens is 194 g/mol. The Balaban J connectivity index is 1.93. The number of rotatable bonds is 3. The van der Waals surface area contributed by atoms with Crippen molar-refractivity contribution in [3.63, 3.8) is 0 Å². The fourth-order valence-corrected chi connectivity index (χ4v) is 1.31. The second-order valence-electron chi connectivity index (χ2n) is 3.73. The second kappa shape index (κ2) is 3.35. The van der Waals surface area contributed by atoms with Crippen LogP contribution >= 0.6 is 0 Å². The van der Waals surface area contributed by atoms with E-state index in [0.717, 1.165) is 0 Å². The van der Waals surface area contributed by atoms with Crippen LogP contribution in [0, 0.1) is 16.7 Å². The normalized spacial score (nSPS) is 16.8.